The van der Waals surface area contributed by atoms with Crippen molar-refractivity contribution in [3.8, 4) is 0 Å². The Kier molecular flexibility index (Phi) is 5.01. The Bertz CT molecular complexity index is 915. The number of hydrogen-bond acceptors (Lipinski definition) is 3. The SMILES string of the molecule is C[C@@H](NC(=O)N1CCC(c2ccncn2)CC1)c1cccc2ccccc12. The highest BCUT2D eigenvalue weighted by Crippen LogP contribution is 2.27. The standard InChI is InChI=1S/C22H24N4O/c1-16(19-8-4-6-17-5-2-3-7-20(17)19)25-22(27)26-13-10-18(11-14-26)21-9-12-23-15-24-21/h2-9,12,15-16,18H,10-11,13-14H2,1H3,(H,25,27)/t16-/m1/s1. The molecule has 138 valence electrons. The van der Waals surface area contributed by atoms with Crippen molar-refractivity contribution in [2.45, 2.75) is 31.7 Å². The van der Waals surface area contributed by atoms with Crippen LogP contribution in [0, 0.1) is 0 Å². The Hall–Kier alpha value is -2.95. The molecule has 1 aromatic heterocycles. The van der Waals surface area contributed by atoms with Crippen LogP contribution in [-0.4, -0.2) is 34.0 Å². The fourth-order valence-electron chi connectivity index (χ4n) is 3.90. The molecule has 2 heterocycles. The Balaban J connectivity index is 1.39. The Morgan fingerprint density at radius 3 is 2.67 bits per heavy atom. The third-order valence-corrected chi connectivity index (χ3v) is 5.44. The van der Waals surface area contributed by atoms with Gasteiger partial charge in [-0.15, -0.1) is 0 Å². The first kappa shape index (κ1) is 17.5. The molecule has 0 aliphatic carbocycles. The number of nitrogens with zero attached hydrogens (tertiary/aromatic N) is 3. The van der Waals surface area contributed by atoms with Crippen molar-refractivity contribution in [1.29, 1.82) is 0 Å². The van der Waals surface area contributed by atoms with E-state index in [-0.39, 0.29) is 12.1 Å². The summed E-state index contributed by atoms with van der Waals surface area (Å²) >= 11 is 0. The summed E-state index contributed by atoms with van der Waals surface area (Å²) in [7, 11) is 0. The first-order valence-electron chi connectivity index (χ1n) is 9.51. The van der Waals surface area contributed by atoms with E-state index in [4.69, 9.17) is 0 Å². The predicted octanol–water partition coefficient (Wildman–Crippen LogP) is 4.28. The maximum absolute atomic E-state index is 12.8. The number of aromatic nitrogens is 2. The molecule has 3 aromatic rings. The lowest BCUT2D eigenvalue weighted by Gasteiger charge is -2.32. The second-order valence-corrected chi connectivity index (χ2v) is 7.14. The van der Waals surface area contributed by atoms with E-state index in [1.807, 2.05) is 36.1 Å². The predicted molar refractivity (Wildman–Crippen MR) is 106 cm³/mol. The second-order valence-electron chi connectivity index (χ2n) is 7.14. The maximum Gasteiger partial charge on any atom is 0.317 e. The molecule has 2 aromatic carbocycles. The molecular formula is C22H24N4O. The molecule has 0 spiro atoms. The van der Waals surface area contributed by atoms with E-state index in [0.29, 0.717) is 5.92 Å². The highest BCUT2D eigenvalue weighted by atomic mass is 16.2. The van der Waals surface area contributed by atoms with E-state index in [2.05, 4.69) is 39.6 Å². The van der Waals surface area contributed by atoms with Crippen LogP contribution in [0.25, 0.3) is 10.8 Å². The van der Waals surface area contributed by atoms with Crippen molar-refractivity contribution in [1.82, 2.24) is 20.2 Å². The van der Waals surface area contributed by atoms with Crippen LogP contribution in [-0.2, 0) is 0 Å². The number of piperidine rings is 1. The molecule has 0 unspecified atom stereocenters. The average molecular weight is 360 g/mol. The number of carbonyl (C=O) groups excluding carboxylic acids is 1. The van der Waals surface area contributed by atoms with Crippen LogP contribution in [0.15, 0.2) is 61.1 Å². The molecule has 27 heavy (non-hydrogen) atoms. The number of fused-ring (bicyclic) bond motifs is 1. The molecule has 2 amide bonds. The zero-order valence-corrected chi connectivity index (χ0v) is 15.5. The van der Waals surface area contributed by atoms with Gasteiger partial charge in [-0.25, -0.2) is 14.8 Å². The Morgan fingerprint density at radius 1 is 1.11 bits per heavy atom. The van der Waals surface area contributed by atoms with Crippen molar-refractivity contribution >= 4 is 16.8 Å². The van der Waals surface area contributed by atoms with Crippen LogP contribution in [0.1, 0.15) is 43.0 Å². The van der Waals surface area contributed by atoms with Gasteiger partial charge in [-0.3, -0.25) is 0 Å². The first-order chi connectivity index (χ1) is 13.2. The molecule has 0 bridgehead atoms. The van der Waals surface area contributed by atoms with Crippen LogP contribution in [0.2, 0.25) is 0 Å². The van der Waals surface area contributed by atoms with Crippen LogP contribution >= 0.6 is 0 Å². The van der Waals surface area contributed by atoms with Gasteiger partial charge in [0.05, 0.1) is 6.04 Å². The largest absolute Gasteiger partial charge is 0.331 e. The van der Waals surface area contributed by atoms with Gasteiger partial charge in [0.2, 0.25) is 0 Å². The summed E-state index contributed by atoms with van der Waals surface area (Å²) in [6.07, 6.45) is 5.26. The summed E-state index contributed by atoms with van der Waals surface area (Å²) in [6, 6.07) is 16.5. The second kappa shape index (κ2) is 7.74. The summed E-state index contributed by atoms with van der Waals surface area (Å²) in [6.45, 7) is 3.55. The lowest BCUT2D eigenvalue weighted by molar-refractivity contribution is 0.178. The van der Waals surface area contributed by atoms with Gasteiger partial charge in [0.25, 0.3) is 0 Å². The van der Waals surface area contributed by atoms with Crippen molar-refractivity contribution in [3.05, 3.63) is 72.3 Å². The van der Waals surface area contributed by atoms with Crippen LogP contribution < -0.4 is 5.32 Å². The molecule has 1 saturated heterocycles. The minimum atomic E-state index is -0.0387. The molecule has 1 fully saturated rings. The van der Waals surface area contributed by atoms with Gasteiger partial charge in [0.15, 0.2) is 0 Å². The molecular weight excluding hydrogens is 336 g/mol. The zero-order valence-electron chi connectivity index (χ0n) is 15.5. The van der Waals surface area contributed by atoms with Crippen molar-refractivity contribution in [2.75, 3.05) is 13.1 Å². The molecule has 5 heteroatoms. The fraction of sp³-hybridized carbons (Fsp3) is 0.318. The van der Waals surface area contributed by atoms with Gasteiger partial charge in [-0.1, -0.05) is 42.5 Å². The number of urea groups is 1. The Morgan fingerprint density at radius 2 is 1.89 bits per heavy atom. The molecule has 1 atom stereocenters. The summed E-state index contributed by atoms with van der Waals surface area (Å²) in [5, 5.41) is 5.56. The van der Waals surface area contributed by atoms with Gasteiger partial charge in [-0.05, 0) is 42.2 Å². The smallest absolute Gasteiger partial charge is 0.317 e. The molecule has 1 aliphatic rings. The number of hydrogen-bond donors (Lipinski definition) is 1. The van der Waals surface area contributed by atoms with E-state index in [0.717, 1.165) is 37.2 Å². The maximum atomic E-state index is 12.8. The number of carbonyl (C=O) groups is 1. The minimum Gasteiger partial charge on any atom is -0.331 e. The van der Waals surface area contributed by atoms with Crippen LogP contribution in [0.4, 0.5) is 4.79 Å². The van der Waals surface area contributed by atoms with Crippen LogP contribution in [0.3, 0.4) is 0 Å². The molecule has 0 radical (unpaired) electrons. The lowest BCUT2D eigenvalue weighted by Crippen LogP contribution is -2.44. The molecule has 1 N–H and O–H groups in total. The summed E-state index contributed by atoms with van der Waals surface area (Å²) < 4.78 is 0. The minimum absolute atomic E-state index is 0.0107. The quantitative estimate of drug-likeness (QED) is 0.758. The third kappa shape index (κ3) is 3.77. The van der Waals surface area contributed by atoms with Gasteiger partial charge in [0, 0.05) is 30.9 Å². The van der Waals surface area contributed by atoms with Crippen LogP contribution in [0.5, 0.6) is 0 Å². The molecule has 4 rings (SSSR count). The van der Waals surface area contributed by atoms with Gasteiger partial charge >= 0.3 is 6.03 Å². The number of benzene rings is 2. The lowest BCUT2D eigenvalue weighted by atomic mass is 9.93. The van der Waals surface area contributed by atoms with Gasteiger partial charge in [-0.2, -0.15) is 0 Å². The number of nitrogens with one attached hydrogen (secondary N) is 1. The van der Waals surface area contributed by atoms with Crippen molar-refractivity contribution < 1.29 is 4.79 Å². The average Bonchev–Trinajstić information content (AvgIpc) is 2.74. The van der Waals surface area contributed by atoms with E-state index in [1.54, 1.807) is 12.5 Å². The van der Waals surface area contributed by atoms with E-state index < -0.39 is 0 Å². The number of amides is 2. The van der Waals surface area contributed by atoms with Crippen molar-refractivity contribution in [3.63, 3.8) is 0 Å². The summed E-state index contributed by atoms with van der Waals surface area (Å²) in [5.41, 5.74) is 2.23. The third-order valence-electron chi connectivity index (χ3n) is 5.44. The zero-order chi connectivity index (χ0) is 18.6. The molecule has 1 aliphatic heterocycles. The van der Waals surface area contributed by atoms with E-state index in [9.17, 15) is 4.79 Å². The summed E-state index contributed by atoms with van der Waals surface area (Å²) in [4.78, 5) is 23.0. The monoisotopic (exact) mass is 360 g/mol. The van der Waals surface area contributed by atoms with Gasteiger partial charge < -0.3 is 10.2 Å². The summed E-state index contributed by atoms with van der Waals surface area (Å²) in [5.74, 6) is 0.410. The first-order valence-corrected chi connectivity index (χ1v) is 9.51. The number of likely N-dealkylation sites (tertiary alicyclic amines) is 1. The highest BCUT2D eigenvalue weighted by molar-refractivity contribution is 5.86. The fourth-order valence-corrected chi connectivity index (χ4v) is 3.90. The molecule has 0 saturated carbocycles. The normalized spacial score (nSPS) is 16.3. The van der Waals surface area contributed by atoms with E-state index >= 15 is 0 Å². The number of rotatable bonds is 3. The highest BCUT2D eigenvalue weighted by Gasteiger charge is 2.25. The van der Waals surface area contributed by atoms with E-state index in [1.165, 1.54) is 10.8 Å². The van der Waals surface area contributed by atoms with Gasteiger partial charge in [0.1, 0.15) is 6.33 Å². The molecule has 5 nitrogen and oxygen atoms in total. The van der Waals surface area contributed by atoms with Crippen molar-refractivity contribution in [2.24, 2.45) is 0 Å². The Labute approximate surface area is 159 Å². The topological polar surface area (TPSA) is 58.1 Å².